The van der Waals surface area contributed by atoms with E-state index in [1.54, 1.807) is 24.0 Å². The Hall–Kier alpha value is -1.66. The highest BCUT2D eigenvalue weighted by atomic mass is 19.1. The van der Waals surface area contributed by atoms with Gasteiger partial charge in [-0.15, -0.1) is 0 Å². The normalized spacial score (nSPS) is 21.0. The van der Waals surface area contributed by atoms with Crippen molar-refractivity contribution in [3.63, 3.8) is 0 Å². The van der Waals surface area contributed by atoms with Gasteiger partial charge in [-0.3, -0.25) is 0 Å². The average molecular weight is 324 g/mol. The lowest BCUT2D eigenvalue weighted by atomic mass is 10.0. The largest absolute Gasteiger partial charge is 0.450 e. The Labute approximate surface area is 136 Å². The van der Waals surface area contributed by atoms with Gasteiger partial charge < -0.3 is 20.1 Å². The van der Waals surface area contributed by atoms with Gasteiger partial charge in [-0.05, 0) is 43.9 Å². The van der Waals surface area contributed by atoms with Gasteiger partial charge in [0.05, 0.1) is 25.4 Å². The predicted octanol–water partition coefficient (Wildman–Crippen LogP) is 2.68. The summed E-state index contributed by atoms with van der Waals surface area (Å²) in [5, 5.41) is 0. The van der Waals surface area contributed by atoms with Crippen LogP contribution < -0.4 is 5.73 Å². The molecule has 1 aliphatic rings. The number of nitrogens with two attached hydrogens (primary N) is 1. The Morgan fingerprint density at radius 3 is 2.70 bits per heavy atom. The zero-order valence-corrected chi connectivity index (χ0v) is 13.5. The zero-order valence-electron chi connectivity index (χ0n) is 13.5. The minimum atomic E-state index is -0.379. The molecular formula is C17H25FN2O3. The molecule has 1 amide bonds. The Balaban J connectivity index is 2.01. The van der Waals surface area contributed by atoms with Gasteiger partial charge in [0.25, 0.3) is 0 Å². The molecule has 0 bridgehead atoms. The highest BCUT2D eigenvalue weighted by molar-refractivity contribution is 5.67. The maximum Gasteiger partial charge on any atom is 0.410 e. The topological polar surface area (TPSA) is 64.8 Å². The second-order valence-corrected chi connectivity index (χ2v) is 5.75. The van der Waals surface area contributed by atoms with Gasteiger partial charge in [0, 0.05) is 13.1 Å². The molecule has 0 aliphatic carbocycles. The van der Waals surface area contributed by atoms with E-state index in [0.717, 1.165) is 24.8 Å². The summed E-state index contributed by atoms with van der Waals surface area (Å²) in [5.74, 6) is -0.294. The standard InChI is InChI=1S/C17H25FN2O3/c1-2-22-17(21)20(11-13-6-8-14(18)9-7-13)12-16-5-3-4-15(10-19)23-16/h6-9,15-16H,2-5,10-12,19H2,1H3/t15-,16+/m1/s1. The van der Waals surface area contributed by atoms with Crippen LogP contribution in [0.4, 0.5) is 9.18 Å². The minimum Gasteiger partial charge on any atom is -0.450 e. The van der Waals surface area contributed by atoms with Gasteiger partial charge in [-0.2, -0.15) is 0 Å². The fourth-order valence-electron chi connectivity index (χ4n) is 2.76. The zero-order chi connectivity index (χ0) is 16.7. The van der Waals surface area contributed by atoms with E-state index in [-0.39, 0.29) is 24.1 Å². The lowest BCUT2D eigenvalue weighted by Crippen LogP contribution is -2.42. The smallest absolute Gasteiger partial charge is 0.410 e. The van der Waals surface area contributed by atoms with Crippen LogP contribution in [0.3, 0.4) is 0 Å². The number of hydrogen-bond acceptors (Lipinski definition) is 4. The molecule has 1 heterocycles. The van der Waals surface area contributed by atoms with Crippen LogP contribution in [0.15, 0.2) is 24.3 Å². The Kier molecular flexibility index (Phi) is 6.80. The highest BCUT2D eigenvalue weighted by Crippen LogP contribution is 2.20. The molecule has 2 N–H and O–H groups in total. The van der Waals surface area contributed by atoms with Crippen molar-refractivity contribution >= 4 is 6.09 Å². The summed E-state index contributed by atoms with van der Waals surface area (Å²) in [6.45, 7) is 3.40. The van der Waals surface area contributed by atoms with Crippen molar-refractivity contribution in [2.24, 2.45) is 5.73 Å². The molecule has 0 saturated carbocycles. The molecule has 6 heteroatoms. The SMILES string of the molecule is CCOC(=O)N(Cc1ccc(F)cc1)C[C@@H]1CCC[C@H](CN)O1. The molecule has 128 valence electrons. The molecule has 2 atom stereocenters. The number of ether oxygens (including phenoxy) is 2. The number of nitrogens with zero attached hydrogens (tertiary/aromatic N) is 1. The quantitative estimate of drug-likeness (QED) is 0.874. The molecule has 0 aromatic heterocycles. The molecule has 0 unspecified atom stereocenters. The molecule has 1 fully saturated rings. The first kappa shape index (κ1) is 17.7. The van der Waals surface area contributed by atoms with Crippen molar-refractivity contribution in [1.29, 1.82) is 0 Å². The molecule has 2 rings (SSSR count). The van der Waals surface area contributed by atoms with Crippen molar-refractivity contribution in [2.75, 3.05) is 19.7 Å². The first-order valence-corrected chi connectivity index (χ1v) is 8.14. The third-order valence-electron chi connectivity index (χ3n) is 3.94. The fourth-order valence-corrected chi connectivity index (χ4v) is 2.76. The van der Waals surface area contributed by atoms with Gasteiger partial charge in [-0.1, -0.05) is 12.1 Å². The lowest BCUT2D eigenvalue weighted by Gasteiger charge is -2.33. The molecule has 0 radical (unpaired) electrons. The van der Waals surface area contributed by atoms with Gasteiger partial charge in [-0.25, -0.2) is 9.18 Å². The van der Waals surface area contributed by atoms with E-state index in [0.29, 0.717) is 26.2 Å². The maximum absolute atomic E-state index is 13.0. The second-order valence-electron chi connectivity index (χ2n) is 5.75. The van der Waals surface area contributed by atoms with E-state index in [1.807, 2.05) is 0 Å². The van der Waals surface area contributed by atoms with Crippen LogP contribution in [0.5, 0.6) is 0 Å². The maximum atomic E-state index is 13.0. The lowest BCUT2D eigenvalue weighted by molar-refractivity contribution is -0.0576. The molecule has 1 aromatic rings. The summed E-state index contributed by atoms with van der Waals surface area (Å²) < 4.78 is 24.1. The first-order valence-electron chi connectivity index (χ1n) is 8.14. The summed E-state index contributed by atoms with van der Waals surface area (Å²) in [6, 6.07) is 6.12. The fraction of sp³-hybridized carbons (Fsp3) is 0.588. The summed E-state index contributed by atoms with van der Waals surface area (Å²) in [5.41, 5.74) is 6.53. The average Bonchev–Trinajstić information content (AvgIpc) is 2.56. The van der Waals surface area contributed by atoms with Crippen molar-refractivity contribution < 1.29 is 18.7 Å². The van der Waals surface area contributed by atoms with Crippen molar-refractivity contribution in [3.05, 3.63) is 35.6 Å². The van der Waals surface area contributed by atoms with Gasteiger partial charge >= 0.3 is 6.09 Å². The van der Waals surface area contributed by atoms with Crippen molar-refractivity contribution in [2.45, 2.75) is 44.9 Å². The number of rotatable bonds is 6. The van der Waals surface area contributed by atoms with E-state index in [4.69, 9.17) is 15.2 Å². The molecular weight excluding hydrogens is 299 g/mol. The summed E-state index contributed by atoms with van der Waals surface area (Å²) in [6.07, 6.45) is 2.54. The van der Waals surface area contributed by atoms with E-state index >= 15 is 0 Å². The first-order chi connectivity index (χ1) is 11.1. The number of amides is 1. The number of hydrogen-bond donors (Lipinski definition) is 1. The molecule has 23 heavy (non-hydrogen) atoms. The summed E-state index contributed by atoms with van der Waals surface area (Å²) in [4.78, 5) is 13.8. The minimum absolute atomic E-state index is 0.0397. The molecule has 1 aromatic carbocycles. The Morgan fingerprint density at radius 2 is 2.04 bits per heavy atom. The van der Waals surface area contributed by atoms with Gasteiger partial charge in [0.2, 0.25) is 0 Å². The molecule has 1 saturated heterocycles. The monoisotopic (exact) mass is 324 g/mol. The van der Waals surface area contributed by atoms with Crippen LogP contribution in [0.25, 0.3) is 0 Å². The number of carbonyl (C=O) groups is 1. The predicted molar refractivity (Wildman–Crippen MR) is 85.4 cm³/mol. The Bertz CT molecular complexity index is 495. The summed E-state index contributed by atoms with van der Waals surface area (Å²) >= 11 is 0. The summed E-state index contributed by atoms with van der Waals surface area (Å²) in [7, 11) is 0. The number of carbonyl (C=O) groups excluding carboxylic acids is 1. The van der Waals surface area contributed by atoms with Crippen LogP contribution in [0.1, 0.15) is 31.7 Å². The highest BCUT2D eigenvalue weighted by Gasteiger charge is 2.26. The van der Waals surface area contributed by atoms with E-state index < -0.39 is 0 Å². The van der Waals surface area contributed by atoms with E-state index in [9.17, 15) is 9.18 Å². The van der Waals surface area contributed by atoms with Crippen LogP contribution in [-0.2, 0) is 16.0 Å². The number of benzene rings is 1. The van der Waals surface area contributed by atoms with Crippen molar-refractivity contribution in [3.8, 4) is 0 Å². The van der Waals surface area contributed by atoms with E-state index in [2.05, 4.69) is 0 Å². The molecule has 1 aliphatic heterocycles. The molecule has 5 nitrogen and oxygen atoms in total. The van der Waals surface area contributed by atoms with Crippen molar-refractivity contribution in [1.82, 2.24) is 4.90 Å². The number of halogens is 1. The van der Waals surface area contributed by atoms with Crippen LogP contribution in [-0.4, -0.2) is 42.9 Å². The van der Waals surface area contributed by atoms with Crippen LogP contribution in [0, 0.1) is 5.82 Å². The van der Waals surface area contributed by atoms with E-state index in [1.165, 1.54) is 12.1 Å². The van der Waals surface area contributed by atoms with Gasteiger partial charge in [0.15, 0.2) is 0 Å². The molecule has 0 spiro atoms. The van der Waals surface area contributed by atoms with Gasteiger partial charge in [0.1, 0.15) is 5.82 Å². The third-order valence-corrected chi connectivity index (χ3v) is 3.94. The van der Waals surface area contributed by atoms with Crippen LogP contribution in [0.2, 0.25) is 0 Å². The Morgan fingerprint density at radius 1 is 1.35 bits per heavy atom. The van der Waals surface area contributed by atoms with Crippen LogP contribution >= 0.6 is 0 Å². The second kappa shape index (κ2) is 8.84. The third kappa shape index (κ3) is 5.48.